The number of sulfone groups is 1. The van der Waals surface area contributed by atoms with Crippen molar-refractivity contribution in [3.63, 3.8) is 0 Å². The number of rotatable bonds is 6. The molecule has 3 rings (SSSR count). The maximum absolute atomic E-state index is 12.6. The number of aryl methyl sites for hydroxylation is 1. The standard InChI is InChI=1S/C16H15F2N3O4S/c1-9-7-10(3-4-12(9)26(22,23)8-24-2)14-13-11(5-6-19-14)20-21-15(13)25-16(17)18/h3-7,16H,8H2,1-2H3,(H,20,21). The van der Waals surface area contributed by atoms with Crippen LogP contribution in [0.4, 0.5) is 8.78 Å². The summed E-state index contributed by atoms with van der Waals surface area (Å²) in [6.45, 7) is -1.39. The highest BCUT2D eigenvalue weighted by molar-refractivity contribution is 7.91. The molecule has 7 nitrogen and oxygen atoms in total. The lowest BCUT2D eigenvalue weighted by atomic mass is 10.1. The Morgan fingerprint density at radius 2 is 2.04 bits per heavy atom. The summed E-state index contributed by atoms with van der Waals surface area (Å²) in [7, 11) is -2.28. The number of aromatic amines is 1. The number of H-pyrrole nitrogens is 1. The Morgan fingerprint density at radius 1 is 1.27 bits per heavy atom. The quantitative estimate of drug-likeness (QED) is 0.703. The number of fused-ring (bicyclic) bond motifs is 1. The zero-order valence-corrected chi connectivity index (χ0v) is 14.7. The summed E-state index contributed by atoms with van der Waals surface area (Å²) in [5.41, 5.74) is 1.85. The van der Waals surface area contributed by atoms with Crippen LogP contribution in [0, 0.1) is 6.92 Å². The number of methoxy groups -OCH3 is 1. The van der Waals surface area contributed by atoms with Crippen LogP contribution in [-0.2, 0) is 14.6 Å². The summed E-state index contributed by atoms with van der Waals surface area (Å²) in [5, 5.41) is 6.65. The van der Waals surface area contributed by atoms with Crippen molar-refractivity contribution in [1.82, 2.24) is 15.2 Å². The van der Waals surface area contributed by atoms with Gasteiger partial charge in [0, 0.05) is 18.9 Å². The zero-order chi connectivity index (χ0) is 18.9. The number of ether oxygens (including phenoxy) is 2. The molecule has 1 aromatic carbocycles. The number of halogens is 2. The number of alkyl halides is 2. The van der Waals surface area contributed by atoms with Gasteiger partial charge in [0.05, 0.1) is 21.5 Å². The van der Waals surface area contributed by atoms with Gasteiger partial charge in [-0.15, -0.1) is 5.10 Å². The van der Waals surface area contributed by atoms with Gasteiger partial charge in [0.25, 0.3) is 0 Å². The van der Waals surface area contributed by atoms with E-state index in [9.17, 15) is 17.2 Å². The van der Waals surface area contributed by atoms with E-state index in [0.717, 1.165) is 0 Å². The van der Waals surface area contributed by atoms with Crippen LogP contribution in [0.15, 0.2) is 35.4 Å². The molecule has 0 aliphatic rings. The molecule has 0 bridgehead atoms. The Kier molecular flexibility index (Phi) is 4.88. The van der Waals surface area contributed by atoms with E-state index in [0.29, 0.717) is 27.7 Å². The van der Waals surface area contributed by atoms with E-state index in [2.05, 4.69) is 19.9 Å². The van der Waals surface area contributed by atoms with E-state index < -0.39 is 22.4 Å². The van der Waals surface area contributed by atoms with E-state index in [1.54, 1.807) is 25.1 Å². The van der Waals surface area contributed by atoms with Gasteiger partial charge in [-0.05, 0) is 30.7 Å². The first-order chi connectivity index (χ1) is 12.3. The third-order valence-electron chi connectivity index (χ3n) is 3.70. The summed E-state index contributed by atoms with van der Waals surface area (Å²) in [5.74, 6) is -0.707. The van der Waals surface area contributed by atoms with Crippen LogP contribution in [0.25, 0.3) is 22.2 Å². The Labute approximate surface area is 147 Å². The van der Waals surface area contributed by atoms with Crippen molar-refractivity contribution in [2.45, 2.75) is 18.4 Å². The van der Waals surface area contributed by atoms with Crippen LogP contribution >= 0.6 is 0 Å². The number of benzene rings is 1. The molecule has 26 heavy (non-hydrogen) atoms. The molecule has 0 saturated heterocycles. The van der Waals surface area contributed by atoms with Crippen LogP contribution in [0.2, 0.25) is 0 Å². The normalized spacial score (nSPS) is 12.0. The van der Waals surface area contributed by atoms with Gasteiger partial charge in [-0.2, -0.15) is 8.78 Å². The second kappa shape index (κ2) is 6.96. The maximum atomic E-state index is 12.6. The van der Waals surface area contributed by atoms with Crippen LogP contribution in [0.5, 0.6) is 5.88 Å². The molecule has 1 N–H and O–H groups in total. The molecule has 0 fully saturated rings. The van der Waals surface area contributed by atoms with E-state index in [1.165, 1.54) is 19.4 Å². The van der Waals surface area contributed by atoms with Crippen molar-refractivity contribution in [2.24, 2.45) is 0 Å². The van der Waals surface area contributed by atoms with Crippen molar-refractivity contribution in [3.05, 3.63) is 36.0 Å². The second-order valence-electron chi connectivity index (χ2n) is 5.49. The lowest BCUT2D eigenvalue weighted by molar-refractivity contribution is -0.0518. The third kappa shape index (κ3) is 3.37. The first kappa shape index (κ1) is 18.2. The van der Waals surface area contributed by atoms with Crippen LogP contribution in [0.3, 0.4) is 0 Å². The largest absolute Gasteiger partial charge is 0.415 e. The molecule has 0 aliphatic heterocycles. The molecule has 0 radical (unpaired) electrons. The number of hydrogen-bond acceptors (Lipinski definition) is 6. The predicted molar refractivity (Wildman–Crippen MR) is 89.8 cm³/mol. The van der Waals surface area contributed by atoms with E-state index in [-0.39, 0.29) is 10.8 Å². The SMILES string of the molecule is COCS(=O)(=O)c1ccc(-c2nccc3[nH]nc(OC(F)F)c23)cc1C. The van der Waals surface area contributed by atoms with E-state index in [1.807, 2.05) is 0 Å². The van der Waals surface area contributed by atoms with Crippen LogP contribution in [-0.4, -0.2) is 43.3 Å². The lowest BCUT2D eigenvalue weighted by Crippen LogP contribution is -2.09. The minimum atomic E-state index is -3.58. The molecule has 0 aliphatic carbocycles. The predicted octanol–water partition coefficient (Wildman–Crippen LogP) is 2.91. The summed E-state index contributed by atoms with van der Waals surface area (Å²) in [4.78, 5) is 4.36. The molecule has 138 valence electrons. The zero-order valence-electron chi connectivity index (χ0n) is 13.9. The first-order valence-electron chi connectivity index (χ1n) is 7.44. The summed E-state index contributed by atoms with van der Waals surface area (Å²) in [6.07, 6.45) is 1.49. The first-order valence-corrected chi connectivity index (χ1v) is 9.09. The van der Waals surface area contributed by atoms with E-state index >= 15 is 0 Å². The van der Waals surface area contributed by atoms with Gasteiger partial charge in [-0.3, -0.25) is 10.1 Å². The Hall–Kier alpha value is -2.59. The van der Waals surface area contributed by atoms with Crippen molar-refractivity contribution in [1.29, 1.82) is 0 Å². The van der Waals surface area contributed by atoms with Gasteiger partial charge in [0.1, 0.15) is 0 Å². The Balaban J connectivity index is 2.13. The maximum Gasteiger partial charge on any atom is 0.388 e. The molecule has 2 heterocycles. The molecular formula is C16H15F2N3O4S. The average Bonchev–Trinajstić information content (AvgIpc) is 2.97. The smallest absolute Gasteiger partial charge is 0.388 e. The fourth-order valence-corrected chi connectivity index (χ4v) is 3.95. The molecule has 0 amide bonds. The van der Waals surface area contributed by atoms with Gasteiger partial charge in [-0.1, -0.05) is 6.07 Å². The fraction of sp³-hybridized carbons (Fsp3) is 0.250. The van der Waals surface area contributed by atoms with Crippen molar-refractivity contribution >= 4 is 20.7 Å². The van der Waals surface area contributed by atoms with Crippen LogP contribution in [0.1, 0.15) is 5.56 Å². The Morgan fingerprint density at radius 3 is 2.69 bits per heavy atom. The lowest BCUT2D eigenvalue weighted by Gasteiger charge is -2.10. The summed E-state index contributed by atoms with van der Waals surface area (Å²) < 4.78 is 58.8. The van der Waals surface area contributed by atoms with Crippen molar-refractivity contribution in [3.8, 4) is 17.1 Å². The molecule has 10 heteroatoms. The highest BCUT2D eigenvalue weighted by Crippen LogP contribution is 2.34. The number of nitrogens with zero attached hydrogens (tertiary/aromatic N) is 2. The van der Waals surface area contributed by atoms with Gasteiger partial charge in [0.15, 0.2) is 5.94 Å². The van der Waals surface area contributed by atoms with Crippen molar-refractivity contribution in [2.75, 3.05) is 13.0 Å². The Bertz CT molecular complexity index is 1050. The number of pyridine rings is 1. The van der Waals surface area contributed by atoms with Crippen molar-refractivity contribution < 1.29 is 26.7 Å². The van der Waals surface area contributed by atoms with Gasteiger partial charge < -0.3 is 9.47 Å². The summed E-state index contributed by atoms with van der Waals surface area (Å²) >= 11 is 0. The van der Waals surface area contributed by atoms with Crippen LogP contribution < -0.4 is 4.74 Å². The number of nitrogens with one attached hydrogen (secondary N) is 1. The summed E-state index contributed by atoms with van der Waals surface area (Å²) in [6, 6.07) is 6.18. The number of aromatic nitrogens is 3. The molecule has 3 aromatic rings. The molecular weight excluding hydrogens is 368 g/mol. The number of hydrogen-bond donors (Lipinski definition) is 1. The monoisotopic (exact) mass is 383 g/mol. The topological polar surface area (TPSA) is 94.2 Å². The molecule has 0 atom stereocenters. The molecule has 0 saturated carbocycles. The minimum absolute atomic E-state index is 0.131. The molecule has 2 aromatic heterocycles. The van der Waals surface area contributed by atoms with Gasteiger partial charge in [0.2, 0.25) is 15.7 Å². The molecule has 0 spiro atoms. The highest BCUT2D eigenvalue weighted by atomic mass is 32.2. The molecule has 0 unspecified atom stereocenters. The van der Waals surface area contributed by atoms with Gasteiger partial charge >= 0.3 is 6.61 Å². The van der Waals surface area contributed by atoms with E-state index in [4.69, 9.17) is 4.74 Å². The average molecular weight is 383 g/mol. The third-order valence-corrected chi connectivity index (χ3v) is 5.37. The fourth-order valence-electron chi connectivity index (χ4n) is 2.69. The second-order valence-corrected chi connectivity index (χ2v) is 7.40. The highest BCUT2D eigenvalue weighted by Gasteiger charge is 2.20. The van der Waals surface area contributed by atoms with Gasteiger partial charge in [-0.25, -0.2) is 8.42 Å². The minimum Gasteiger partial charge on any atom is -0.415 e.